The van der Waals surface area contributed by atoms with Crippen LogP contribution in [0, 0.1) is 0 Å². The molecule has 0 radical (unpaired) electrons. The highest BCUT2D eigenvalue weighted by Crippen LogP contribution is 2.17. The predicted octanol–water partition coefficient (Wildman–Crippen LogP) is 0.542. The average molecular weight is 238 g/mol. The molecule has 0 aliphatic heterocycles. The van der Waals surface area contributed by atoms with Crippen LogP contribution in [-0.4, -0.2) is 28.7 Å². The van der Waals surface area contributed by atoms with Crippen molar-refractivity contribution in [2.24, 2.45) is 0 Å². The number of nitrogens with one attached hydrogen (secondary N) is 2. The van der Waals surface area contributed by atoms with Gasteiger partial charge in [-0.05, 0) is 11.4 Å². The predicted molar refractivity (Wildman–Crippen MR) is 61.8 cm³/mol. The van der Waals surface area contributed by atoms with Crippen LogP contribution in [0.15, 0.2) is 0 Å². The van der Waals surface area contributed by atoms with Crippen LogP contribution in [0.2, 0.25) is 0 Å². The van der Waals surface area contributed by atoms with Crippen LogP contribution in [-0.2, 0) is 0 Å². The molecule has 2 aromatic heterocycles. The number of fused-ring (bicyclic) bond motifs is 1. The van der Waals surface area contributed by atoms with E-state index in [1.165, 1.54) is 0 Å². The molecule has 0 spiro atoms. The summed E-state index contributed by atoms with van der Waals surface area (Å²) in [5.41, 5.74) is 6.98. The Kier molecular flexibility index (Phi) is 3.27. The fraction of sp³-hybridized carbons (Fsp3) is 0.500. The van der Waals surface area contributed by atoms with Gasteiger partial charge in [0.25, 0.3) is 0 Å². The smallest absolute Gasteiger partial charge is 0.397 e. The Labute approximate surface area is 98.4 Å². The molecule has 92 valence electrons. The SMILES string of the molecule is CCCCOc1nc(N)c2[nH]c(OC)[nH+]c2n1. The summed E-state index contributed by atoms with van der Waals surface area (Å²) in [6.45, 7) is 2.68. The molecule has 0 amide bonds. The summed E-state index contributed by atoms with van der Waals surface area (Å²) in [5, 5.41) is 0. The van der Waals surface area contributed by atoms with Gasteiger partial charge in [-0.2, -0.15) is 4.98 Å². The Bertz CT molecular complexity index is 511. The number of aromatic nitrogens is 4. The number of nitrogen functional groups attached to an aromatic ring is 1. The third-order valence-corrected chi connectivity index (χ3v) is 2.32. The van der Waals surface area contributed by atoms with Gasteiger partial charge in [-0.25, -0.2) is 9.97 Å². The summed E-state index contributed by atoms with van der Waals surface area (Å²) in [4.78, 5) is 14.1. The Morgan fingerprint density at radius 3 is 2.94 bits per heavy atom. The standard InChI is InChI=1S/C10H15N5O2/c1-3-4-5-17-10-13-7(11)6-8(15-10)14-9(12-6)16-2/h3-5H2,1-2H3,(H3,11,12,13,14,15)/p+1. The first-order valence-electron chi connectivity index (χ1n) is 5.50. The highest BCUT2D eigenvalue weighted by molar-refractivity contribution is 5.79. The van der Waals surface area contributed by atoms with Crippen molar-refractivity contribution in [1.29, 1.82) is 0 Å². The number of imidazole rings is 1. The maximum Gasteiger partial charge on any atom is 0.397 e. The minimum atomic E-state index is 0.279. The zero-order valence-electron chi connectivity index (χ0n) is 9.91. The molecular weight excluding hydrogens is 222 g/mol. The fourth-order valence-corrected chi connectivity index (χ4v) is 1.40. The number of rotatable bonds is 5. The zero-order valence-corrected chi connectivity index (χ0v) is 9.91. The molecule has 17 heavy (non-hydrogen) atoms. The van der Waals surface area contributed by atoms with Crippen molar-refractivity contribution in [3.05, 3.63) is 0 Å². The lowest BCUT2D eigenvalue weighted by Crippen LogP contribution is -2.07. The van der Waals surface area contributed by atoms with E-state index in [1.807, 2.05) is 0 Å². The molecule has 2 aromatic rings. The molecule has 2 heterocycles. The van der Waals surface area contributed by atoms with Gasteiger partial charge in [-0.15, -0.1) is 0 Å². The average Bonchev–Trinajstić information content (AvgIpc) is 2.73. The summed E-state index contributed by atoms with van der Waals surface area (Å²) in [7, 11) is 1.55. The van der Waals surface area contributed by atoms with E-state index >= 15 is 0 Å². The van der Waals surface area contributed by atoms with E-state index in [2.05, 4.69) is 26.9 Å². The number of anilines is 1. The molecule has 0 aromatic carbocycles. The Hall–Kier alpha value is -2.05. The van der Waals surface area contributed by atoms with Gasteiger partial charge in [0, 0.05) is 0 Å². The first-order valence-corrected chi connectivity index (χ1v) is 5.50. The van der Waals surface area contributed by atoms with Gasteiger partial charge in [-0.3, -0.25) is 0 Å². The fourth-order valence-electron chi connectivity index (χ4n) is 1.40. The number of ether oxygens (including phenoxy) is 2. The van der Waals surface area contributed by atoms with Crippen molar-refractivity contribution in [3.8, 4) is 12.0 Å². The lowest BCUT2D eigenvalue weighted by molar-refractivity contribution is -0.364. The van der Waals surface area contributed by atoms with Crippen LogP contribution >= 0.6 is 0 Å². The van der Waals surface area contributed by atoms with Gasteiger partial charge in [0.05, 0.1) is 13.7 Å². The molecule has 0 unspecified atom stereocenters. The number of nitrogens with zero attached hydrogens (tertiary/aromatic N) is 2. The molecule has 0 aliphatic rings. The van der Waals surface area contributed by atoms with Gasteiger partial charge >= 0.3 is 17.7 Å². The number of hydrogen-bond donors (Lipinski definition) is 2. The van der Waals surface area contributed by atoms with Crippen LogP contribution in [0.3, 0.4) is 0 Å². The highest BCUT2D eigenvalue weighted by Gasteiger charge is 2.18. The van der Waals surface area contributed by atoms with Crippen molar-refractivity contribution in [2.75, 3.05) is 19.5 Å². The molecule has 4 N–H and O–H groups in total. The lowest BCUT2D eigenvalue weighted by atomic mass is 10.4. The molecule has 7 nitrogen and oxygen atoms in total. The molecule has 0 atom stereocenters. The van der Waals surface area contributed by atoms with E-state index in [-0.39, 0.29) is 6.01 Å². The van der Waals surface area contributed by atoms with Crippen LogP contribution in [0.1, 0.15) is 19.8 Å². The van der Waals surface area contributed by atoms with Crippen molar-refractivity contribution in [1.82, 2.24) is 15.0 Å². The summed E-state index contributed by atoms with van der Waals surface area (Å²) in [6.07, 6.45) is 2.02. The third-order valence-electron chi connectivity index (χ3n) is 2.32. The van der Waals surface area contributed by atoms with Crippen molar-refractivity contribution in [3.63, 3.8) is 0 Å². The Morgan fingerprint density at radius 1 is 1.41 bits per heavy atom. The lowest BCUT2D eigenvalue weighted by Gasteiger charge is -1.99. The molecule has 0 aliphatic carbocycles. The van der Waals surface area contributed by atoms with E-state index in [9.17, 15) is 0 Å². The second-order valence-corrected chi connectivity index (χ2v) is 3.60. The second-order valence-electron chi connectivity index (χ2n) is 3.60. The van der Waals surface area contributed by atoms with Crippen molar-refractivity contribution in [2.45, 2.75) is 19.8 Å². The van der Waals surface area contributed by atoms with Crippen molar-refractivity contribution >= 4 is 17.0 Å². The van der Waals surface area contributed by atoms with Gasteiger partial charge in [0.2, 0.25) is 5.52 Å². The third kappa shape index (κ3) is 2.38. The largest absolute Gasteiger partial charge is 0.451 e. The van der Waals surface area contributed by atoms with Crippen LogP contribution in [0.25, 0.3) is 11.2 Å². The van der Waals surface area contributed by atoms with E-state index in [4.69, 9.17) is 15.2 Å². The molecule has 0 saturated carbocycles. The van der Waals surface area contributed by atoms with Gasteiger partial charge in [0.1, 0.15) is 0 Å². The monoisotopic (exact) mass is 238 g/mol. The van der Waals surface area contributed by atoms with E-state index < -0.39 is 0 Å². The van der Waals surface area contributed by atoms with Gasteiger partial charge in [0.15, 0.2) is 5.82 Å². The molecule has 0 fully saturated rings. The van der Waals surface area contributed by atoms with E-state index in [0.29, 0.717) is 29.6 Å². The Morgan fingerprint density at radius 2 is 2.24 bits per heavy atom. The molecular formula is C10H16N5O2+. The van der Waals surface area contributed by atoms with E-state index in [1.54, 1.807) is 7.11 Å². The second kappa shape index (κ2) is 4.86. The normalized spacial score (nSPS) is 10.7. The number of aromatic amines is 2. The van der Waals surface area contributed by atoms with Gasteiger partial charge < -0.3 is 15.2 Å². The van der Waals surface area contributed by atoms with Gasteiger partial charge in [-0.1, -0.05) is 13.3 Å². The topological polar surface area (TPSA) is 100 Å². The van der Waals surface area contributed by atoms with Crippen LogP contribution in [0.5, 0.6) is 12.0 Å². The maximum absolute atomic E-state index is 5.79. The number of unbranched alkanes of at least 4 members (excludes halogenated alkanes) is 1. The first-order chi connectivity index (χ1) is 8.24. The number of methoxy groups -OCH3 is 1. The number of hydrogen-bond acceptors (Lipinski definition) is 5. The summed E-state index contributed by atoms with van der Waals surface area (Å²) in [5.74, 6) is 0.334. The number of nitrogens with two attached hydrogens (primary N) is 1. The minimum absolute atomic E-state index is 0.279. The molecule has 0 saturated heterocycles. The van der Waals surface area contributed by atoms with E-state index in [0.717, 1.165) is 12.8 Å². The first kappa shape index (κ1) is 11.4. The molecule has 7 heteroatoms. The quantitative estimate of drug-likeness (QED) is 0.740. The molecule has 0 bridgehead atoms. The van der Waals surface area contributed by atoms with Crippen LogP contribution in [0.4, 0.5) is 5.82 Å². The Balaban J connectivity index is 2.27. The molecule has 2 rings (SSSR count). The zero-order chi connectivity index (χ0) is 12.3. The maximum atomic E-state index is 5.79. The van der Waals surface area contributed by atoms with Crippen LogP contribution < -0.4 is 20.2 Å². The summed E-state index contributed by atoms with van der Waals surface area (Å²) in [6, 6.07) is 0.757. The minimum Gasteiger partial charge on any atom is -0.451 e. The van der Waals surface area contributed by atoms with Crippen molar-refractivity contribution < 1.29 is 14.5 Å². The summed E-state index contributed by atoms with van der Waals surface area (Å²) < 4.78 is 10.4. The highest BCUT2D eigenvalue weighted by atomic mass is 16.5. The summed E-state index contributed by atoms with van der Waals surface area (Å²) >= 11 is 0. The number of H-pyrrole nitrogens is 2.